The molecule has 0 saturated heterocycles. The van der Waals surface area contributed by atoms with E-state index in [0.717, 1.165) is 6.07 Å². The maximum atomic E-state index is 13.8. The van der Waals surface area contributed by atoms with Gasteiger partial charge in [-0.25, -0.2) is 17.5 Å². The van der Waals surface area contributed by atoms with Crippen LogP contribution in [0.1, 0.15) is 6.42 Å². The van der Waals surface area contributed by atoms with Crippen LogP contribution < -0.4 is 10.5 Å². The summed E-state index contributed by atoms with van der Waals surface area (Å²) in [5.74, 6) is -1.01. The molecule has 1 aromatic rings. The third-order valence-electron chi connectivity index (χ3n) is 2.44. The van der Waals surface area contributed by atoms with Gasteiger partial charge < -0.3 is 5.73 Å². The summed E-state index contributed by atoms with van der Waals surface area (Å²) in [6.45, 7) is -0.0439. The normalized spacial score (nSPS) is 13.0. The maximum Gasteiger partial charge on any atom is 0.274 e. The molecule has 1 atom stereocenters. The molecule has 0 bridgehead atoms. The molecule has 8 nitrogen and oxygen atoms in total. The van der Waals surface area contributed by atoms with Gasteiger partial charge in [-0.05, 0) is 6.42 Å². The largest absolute Gasteiger partial charge is 0.397 e. The Bertz CT molecular complexity index is 654. The Hall–Kier alpha value is -1.59. The molecule has 21 heavy (non-hydrogen) atoms. The molecule has 0 saturated carbocycles. The number of hydrogen-bond donors (Lipinski definition) is 2. The van der Waals surface area contributed by atoms with Crippen molar-refractivity contribution < 1.29 is 21.9 Å². The number of nitro groups is 1. The Labute approximate surface area is 123 Å². The first-order valence-corrected chi connectivity index (χ1v) is 8.89. The van der Waals surface area contributed by atoms with Gasteiger partial charge in [-0.1, -0.05) is 0 Å². The maximum absolute atomic E-state index is 13.8. The van der Waals surface area contributed by atoms with E-state index in [1.165, 1.54) is 6.26 Å². The second kappa shape index (κ2) is 6.91. The van der Waals surface area contributed by atoms with E-state index in [1.807, 2.05) is 0 Å². The summed E-state index contributed by atoms with van der Waals surface area (Å²) in [6.07, 6.45) is 1.78. The number of nitro benzene ring substituents is 1. The molecule has 0 aliphatic carbocycles. The zero-order valence-corrected chi connectivity index (χ0v) is 12.7. The molecule has 1 aromatic carbocycles. The van der Waals surface area contributed by atoms with Gasteiger partial charge in [-0.2, -0.15) is 0 Å². The third-order valence-corrected chi connectivity index (χ3v) is 4.85. The fourth-order valence-corrected chi connectivity index (χ4v) is 3.34. The van der Waals surface area contributed by atoms with E-state index in [0.29, 0.717) is 18.2 Å². The van der Waals surface area contributed by atoms with Crippen LogP contribution in [0.2, 0.25) is 0 Å². The molecule has 0 heterocycles. The van der Waals surface area contributed by atoms with Crippen LogP contribution in [0.15, 0.2) is 17.0 Å². The van der Waals surface area contributed by atoms with E-state index >= 15 is 0 Å². The van der Waals surface area contributed by atoms with Crippen molar-refractivity contribution in [2.24, 2.45) is 0 Å². The number of halogens is 1. The summed E-state index contributed by atoms with van der Waals surface area (Å²) in [4.78, 5) is 8.83. The van der Waals surface area contributed by atoms with Gasteiger partial charge in [0.2, 0.25) is 10.0 Å². The van der Waals surface area contributed by atoms with Gasteiger partial charge in [0.15, 0.2) is 5.82 Å². The SMILES string of the molecule is CS(=O)CCCNS(=O)(=O)c1c(N)cc([N+](=O)[O-])cc1F. The molecule has 118 valence electrons. The molecule has 1 unspecified atom stereocenters. The highest BCUT2D eigenvalue weighted by atomic mass is 32.2. The molecule has 0 amide bonds. The van der Waals surface area contributed by atoms with Gasteiger partial charge in [-0.15, -0.1) is 0 Å². The first kappa shape index (κ1) is 17.5. The second-order valence-electron chi connectivity index (χ2n) is 4.13. The first-order valence-electron chi connectivity index (χ1n) is 5.68. The Morgan fingerprint density at radius 1 is 1.48 bits per heavy atom. The van der Waals surface area contributed by atoms with Crippen molar-refractivity contribution in [3.63, 3.8) is 0 Å². The molecule has 0 spiro atoms. The summed E-state index contributed by atoms with van der Waals surface area (Å²) in [5.41, 5.74) is 4.20. The number of nitrogens with one attached hydrogen (secondary N) is 1. The minimum atomic E-state index is -4.23. The van der Waals surface area contributed by atoms with Crippen molar-refractivity contribution in [1.29, 1.82) is 0 Å². The van der Waals surface area contributed by atoms with Gasteiger partial charge in [0.1, 0.15) is 4.90 Å². The topological polar surface area (TPSA) is 132 Å². The van der Waals surface area contributed by atoms with E-state index < -0.39 is 47.8 Å². The zero-order chi connectivity index (χ0) is 16.2. The molecule has 0 aromatic heterocycles. The highest BCUT2D eigenvalue weighted by molar-refractivity contribution is 7.89. The molecule has 1 rings (SSSR count). The minimum Gasteiger partial charge on any atom is -0.397 e. The monoisotopic (exact) mass is 339 g/mol. The Morgan fingerprint density at radius 2 is 2.10 bits per heavy atom. The number of hydrogen-bond acceptors (Lipinski definition) is 6. The van der Waals surface area contributed by atoms with Crippen molar-refractivity contribution in [2.75, 3.05) is 24.3 Å². The first-order chi connectivity index (χ1) is 9.65. The summed E-state index contributed by atoms with van der Waals surface area (Å²) >= 11 is 0. The van der Waals surface area contributed by atoms with E-state index in [2.05, 4.69) is 4.72 Å². The lowest BCUT2D eigenvalue weighted by atomic mass is 10.3. The van der Waals surface area contributed by atoms with Crippen LogP contribution in [-0.2, 0) is 20.8 Å². The summed E-state index contributed by atoms with van der Waals surface area (Å²) < 4.78 is 50.5. The number of rotatable bonds is 7. The van der Waals surface area contributed by atoms with E-state index in [-0.39, 0.29) is 6.54 Å². The highest BCUT2D eigenvalue weighted by Crippen LogP contribution is 2.27. The molecule has 0 aliphatic heterocycles. The summed E-state index contributed by atoms with van der Waals surface area (Å²) in [6, 6.07) is 1.27. The predicted molar refractivity (Wildman–Crippen MR) is 76.2 cm³/mol. The van der Waals surface area contributed by atoms with Crippen molar-refractivity contribution in [1.82, 2.24) is 4.72 Å². The minimum absolute atomic E-state index is 0.0439. The average molecular weight is 339 g/mol. The van der Waals surface area contributed by atoms with Crippen LogP contribution in [0.25, 0.3) is 0 Å². The van der Waals surface area contributed by atoms with Gasteiger partial charge in [0, 0.05) is 35.4 Å². The quantitative estimate of drug-likeness (QED) is 0.319. The van der Waals surface area contributed by atoms with E-state index in [4.69, 9.17) is 5.73 Å². The number of sulfonamides is 1. The number of non-ortho nitro benzene ring substituents is 1. The van der Waals surface area contributed by atoms with Crippen molar-refractivity contribution in [2.45, 2.75) is 11.3 Å². The zero-order valence-electron chi connectivity index (χ0n) is 11.0. The summed E-state index contributed by atoms with van der Waals surface area (Å²) in [5, 5.41) is 10.5. The molecule has 3 N–H and O–H groups in total. The highest BCUT2D eigenvalue weighted by Gasteiger charge is 2.25. The lowest BCUT2D eigenvalue weighted by Gasteiger charge is -2.09. The van der Waals surface area contributed by atoms with Crippen LogP contribution in [0.3, 0.4) is 0 Å². The van der Waals surface area contributed by atoms with Gasteiger partial charge in [0.25, 0.3) is 5.69 Å². The lowest BCUT2D eigenvalue weighted by Crippen LogP contribution is -2.27. The fraction of sp³-hybridized carbons (Fsp3) is 0.400. The van der Waals surface area contributed by atoms with Gasteiger partial charge in [-0.3, -0.25) is 14.3 Å². The lowest BCUT2D eigenvalue weighted by molar-refractivity contribution is -0.385. The van der Waals surface area contributed by atoms with Crippen LogP contribution in [0, 0.1) is 15.9 Å². The molecular weight excluding hydrogens is 325 g/mol. The number of nitrogen functional groups attached to an aromatic ring is 1. The Balaban J connectivity index is 2.98. The van der Waals surface area contributed by atoms with Gasteiger partial charge in [0.05, 0.1) is 16.7 Å². The van der Waals surface area contributed by atoms with Crippen molar-refractivity contribution in [3.05, 3.63) is 28.1 Å². The van der Waals surface area contributed by atoms with E-state index in [9.17, 15) is 27.1 Å². The Morgan fingerprint density at radius 3 is 2.57 bits per heavy atom. The Kier molecular flexibility index (Phi) is 5.75. The van der Waals surface area contributed by atoms with Crippen molar-refractivity contribution >= 4 is 32.2 Å². The van der Waals surface area contributed by atoms with Gasteiger partial charge >= 0.3 is 0 Å². The molecule has 0 aliphatic rings. The fourth-order valence-electron chi connectivity index (χ4n) is 1.54. The van der Waals surface area contributed by atoms with Crippen LogP contribution >= 0.6 is 0 Å². The standard InChI is InChI=1S/C10H14FN3O5S2/c1-20(17)4-2-3-13-21(18,19)10-8(11)5-7(14(15)16)6-9(10)12/h5-6,13H,2-4,12H2,1H3. The van der Waals surface area contributed by atoms with Crippen LogP contribution in [0.4, 0.5) is 15.8 Å². The molecule has 11 heteroatoms. The molecular formula is C10H14FN3O5S2. The van der Waals surface area contributed by atoms with Crippen LogP contribution in [-0.4, -0.2) is 36.1 Å². The third kappa shape index (κ3) is 4.72. The smallest absolute Gasteiger partial charge is 0.274 e. The van der Waals surface area contributed by atoms with Crippen molar-refractivity contribution in [3.8, 4) is 0 Å². The second-order valence-corrected chi connectivity index (χ2v) is 7.39. The average Bonchev–Trinajstić information content (AvgIpc) is 2.33. The molecule has 0 fully saturated rings. The number of anilines is 1. The van der Waals surface area contributed by atoms with Crippen LogP contribution in [0.5, 0.6) is 0 Å². The predicted octanol–water partition coefficient (Wildman–Crippen LogP) is 0.363. The van der Waals surface area contributed by atoms with E-state index in [1.54, 1.807) is 0 Å². The number of benzene rings is 1. The molecule has 0 radical (unpaired) electrons. The number of nitrogens with two attached hydrogens (primary N) is 1. The number of nitrogens with zero attached hydrogens (tertiary/aromatic N) is 1. The summed E-state index contributed by atoms with van der Waals surface area (Å²) in [7, 11) is -5.30.